The van der Waals surface area contributed by atoms with Gasteiger partial charge in [-0.1, -0.05) is 12.5 Å². The molecule has 3 atom stereocenters. The first-order valence-electron chi connectivity index (χ1n) is 8.07. The van der Waals surface area contributed by atoms with Crippen LogP contribution in [0.3, 0.4) is 0 Å². The van der Waals surface area contributed by atoms with Crippen molar-refractivity contribution in [2.75, 3.05) is 18.4 Å². The zero-order valence-corrected chi connectivity index (χ0v) is 14.6. The van der Waals surface area contributed by atoms with Crippen molar-refractivity contribution in [1.29, 1.82) is 0 Å². The van der Waals surface area contributed by atoms with E-state index >= 15 is 0 Å². The summed E-state index contributed by atoms with van der Waals surface area (Å²) in [5.74, 6) is -3.01. The van der Waals surface area contributed by atoms with Gasteiger partial charge < -0.3 is 10.4 Å². The molecule has 1 aliphatic carbocycles. The Morgan fingerprint density at radius 3 is 2.56 bits per heavy atom. The van der Waals surface area contributed by atoms with E-state index in [1.807, 2.05) is 0 Å². The fraction of sp³-hybridized carbons (Fsp3) is 0.529. The molecule has 2 aliphatic rings. The van der Waals surface area contributed by atoms with E-state index < -0.39 is 40.7 Å². The van der Waals surface area contributed by atoms with Crippen molar-refractivity contribution >= 4 is 30.0 Å². The molecule has 2 fully saturated rings. The van der Waals surface area contributed by atoms with Crippen LogP contribution in [-0.4, -0.2) is 41.0 Å². The Balaban J connectivity index is 0.00000225. The number of para-hydroxylation sites is 1. The number of carboxylic acids is 1. The highest BCUT2D eigenvalue weighted by atomic mass is 35.5. The van der Waals surface area contributed by atoms with Crippen LogP contribution >= 0.6 is 12.4 Å². The fourth-order valence-electron chi connectivity index (χ4n) is 3.98. The molecule has 0 spiro atoms. The van der Waals surface area contributed by atoms with Crippen LogP contribution in [0.4, 0.5) is 14.5 Å². The molecular formula is C17H21ClF2N2O3. The number of likely N-dealkylation sites (tertiary alicyclic amines) is 1. The van der Waals surface area contributed by atoms with E-state index in [0.717, 1.165) is 25.0 Å². The maximum Gasteiger partial charge on any atom is 0.311 e. The third-order valence-corrected chi connectivity index (χ3v) is 5.46. The van der Waals surface area contributed by atoms with E-state index in [9.17, 15) is 23.5 Å². The van der Waals surface area contributed by atoms with Gasteiger partial charge in [0.05, 0.1) is 11.5 Å². The normalized spacial score (nSPS) is 26.6. The van der Waals surface area contributed by atoms with Gasteiger partial charge in [-0.25, -0.2) is 8.78 Å². The van der Waals surface area contributed by atoms with Gasteiger partial charge in [-0.3, -0.25) is 14.5 Å². The van der Waals surface area contributed by atoms with E-state index in [2.05, 4.69) is 5.32 Å². The zero-order chi connectivity index (χ0) is 17.5. The minimum atomic E-state index is -0.837. The molecular weight excluding hydrogens is 354 g/mol. The summed E-state index contributed by atoms with van der Waals surface area (Å²) in [4.78, 5) is 25.9. The van der Waals surface area contributed by atoms with Crippen molar-refractivity contribution in [2.45, 2.75) is 32.2 Å². The van der Waals surface area contributed by atoms with Crippen molar-refractivity contribution in [1.82, 2.24) is 4.90 Å². The third-order valence-electron chi connectivity index (χ3n) is 5.46. The van der Waals surface area contributed by atoms with Gasteiger partial charge in [0.25, 0.3) is 0 Å². The van der Waals surface area contributed by atoms with Crippen LogP contribution in [0.1, 0.15) is 26.2 Å². The quantitative estimate of drug-likeness (QED) is 0.850. The standard InChI is InChI=1S/C17H20F2N2O3.ClH/c1-10(15(22)20-14-12(18)5-2-6-13(14)19)21-8-11-4-3-7-17(11,9-21)16(23)24;/h2,5-6,10-11H,3-4,7-9H2,1H3,(H,20,22)(H,23,24);1H/t10?,11-,17+;/m0./s1. The van der Waals surface area contributed by atoms with Crippen LogP contribution in [0.5, 0.6) is 0 Å². The maximum absolute atomic E-state index is 13.7. The Bertz CT molecular complexity index is 668. The molecule has 8 heteroatoms. The van der Waals surface area contributed by atoms with Crippen molar-refractivity contribution < 1.29 is 23.5 Å². The number of aliphatic carboxylic acids is 1. The lowest BCUT2D eigenvalue weighted by atomic mass is 9.81. The summed E-state index contributed by atoms with van der Waals surface area (Å²) in [6, 6.07) is 2.71. The minimum Gasteiger partial charge on any atom is -0.481 e. The first kappa shape index (κ1) is 19.6. The molecule has 1 amide bonds. The van der Waals surface area contributed by atoms with Crippen LogP contribution in [0.25, 0.3) is 0 Å². The number of hydrogen-bond acceptors (Lipinski definition) is 3. The number of carbonyl (C=O) groups excluding carboxylic acids is 1. The molecule has 0 radical (unpaired) electrons. The lowest BCUT2D eigenvalue weighted by Crippen LogP contribution is -2.43. The van der Waals surface area contributed by atoms with Crippen molar-refractivity contribution in [3.63, 3.8) is 0 Å². The number of nitrogens with zero attached hydrogens (tertiary/aromatic N) is 1. The number of hydrogen-bond donors (Lipinski definition) is 2. The van der Waals surface area contributed by atoms with E-state index in [1.165, 1.54) is 6.07 Å². The largest absolute Gasteiger partial charge is 0.481 e. The van der Waals surface area contributed by atoms with Gasteiger partial charge in [-0.05, 0) is 37.8 Å². The molecule has 1 aromatic rings. The van der Waals surface area contributed by atoms with Gasteiger partial charge in [0.2, 0.25) is 5.91 Å². The second-order valence-electron chi connectivity index (χ2n) is 6.74. The first-order chi connectivity index (χ1) is 11.3. The Kier molecular flexibility index (Phi) is 5.68. The highest BCUT2D eigenvalue weighted by Crippen LogP contribution is 2.49. The van der Waals surface area contributed by atoms with Gasteiger partial charge >= 0.3 is 5.97 Å². The van der Waals surface area contributed by atoms with Crippen molar-refractivity contribution in [2.24, 2.45) is 11.3 Å². The van der Waals surface area contributed by atoms with Crippen LogP contribution in [-0.2, 0) is 9.59 Å². The molecule has 25 heavy (non-hydrogen) atoms. The average Bonchev–Trinajstić information content (AvgIpc) is 3.08. The number of amides is 1. The fourth-order valence-corrected chi connectivity index (χ4v) is 3.98. The summed E-state index contributed by atoms with van der Waals surface area (Å²) >= 11 is 0. The Morgan fingerprint density at radius 2 is 2.00 bits per heavy atom. The lowest BCUT2D eigenvalue weighted by molar-refractivity contribution is -0.149. The molecule has 1 heterocycles. The molecule has 1 unspecified atom stereocenters. The van der Waals surface area contributed by atoms with E-state index in [0.29, 0.717) is 19.5 Å². The minimum absolute atomic E-state index is 0. The van der Waals surface area contributed by atoms with Crippen LogP contribution in [0.2, 0.25) is 0 Å². The van der Waals surface area contributed by atoms with Gasteiger partial charge in [0.1, 0.15) is 17.3 Å². The second kappa shape index (κ2) is 7.25. The number of halogens is 3. The molecule has 1 saturated heterocycles. The van der Waals surface area contributed by atoms with Crippen LogP contribution < -0.4 is 5.32 Å². The van der Waals surface area contributed by atoms with Gasteiger partial charge in [-0.2, -0.15) is 0 Å². The number of carbonyl (C=O) groups is 2. The van der Waals surface area contributed by atoms with Gasteiger partial charge in [0, 0.05) is 13.1 Å². The number of carboxylic acid groups (broad SMARTS) is 1. The molecule has 0 aromatic heterocycles. The monoisotopic (exact) mass is 374 g/mol. The summed E-state index contributed by atoms with van der Waals surface area (Å²) < 4.78 is 27.3. The van der Waals surface area contributed by atoms with Crippen LogP contribution in [0, 0.1) is 23.0 Å². The molecule has 1 saturated carbocycles. The molecule has 3 rings (SSSR count). The molecule has 0 bridgehead atoms. The first-order valence-corrected chi connectivity index (χ1v) is 8.07. The van der Waals surface area contributed by atoms with Gasteiger partial charge in [0.15, 0.2) is 0 Å². The highest BCUT2D eigenvalue weighted by Gasteiger charge is 2.55. The lowest BCUT2D eigenvalue weighted by Gasteiger charge is -2.26. The Labute approximate surface area is 150 Å². The molecule has 1 aliphatic heterocycles. The second-order valence-corrected chi connectivity index (χ2v) is 6.74. The summed E-state index contributed by atoms with van der Waals surface area (Å²) in [5.41, 5.74) is -1.26. The summed E-state index contributed by atoms with van der Waals surface area (Å²) in [5, 5.41) is 11.9. The van der Waals surface area contributed by atoms with Gasteiger partial charge in [-0.15, -0.1) is 12.4 Å². The highest BCUT2D eigenvalue weighted by molar-refractivity contribution is 5.95. The number of nitrogens with one attached hydrogen (secondary N) is 1. The van der Waals surface area contributed by atoms with E-state index in [-0.39, 0.29) is 18.3 Å². The number of fused-ring (bicyclic) bond motifs is 1. The summed E-state index contributed by atoms with van der Waals surface area (Å²) in [6.07, 6.45) is 2.32. The van der Waals surface area contributed by atoms with Crippen molar-refractivity contribution in [3.05, 3.63) is 29.8 Å². The summed E-state index contributed by atoms with van der Waals surface area (Å²) in [7, 11) is 0. The smallest absolute Gasteiger partial charge is 0.311 e. The molecule has 1 aromatic carbocycles. The Morgan fingerprint density at radius 1 is 1.36 bits per heavy atom. The summed E-state index contributed by atoms with van der Waals surface area (Å²) in [6.45, 7) is 2.44. The topological polar surface area (TPSA) is 69.6 Å². The molecule has 138 valence electrons. The van der Waals surface area contributed by atoms with E-state index in [1.54, 1.807) is 11.8 Å². The number of rotatable bonds is 4. The van der Waals surface area contributed by atoms with Crippen LogP contribution in [0.15, 0.2) is 18.2 Å². The molecule has 2 N–H and O–H groups in total. The number of anilines is 1. The van der Waals surface area contributed by atoms with Crippen molar-refractivity contribution in [3.8, 4) is 0 Å². The maximum atomic E-state index is 13.7. The third kappa shape index (κ3) is 3.35. The SMILES string of the molecule is CC(C(=O)Nc1c(F)cccc1F)N1C[C@@H]2CCC[C@@]2(C(=O)O)C1.Cl. The average molecular weight is 375 g/mol. The zero-order valence-electron chi connectivity index (χ0n) is 13.8. The van der Waals surface area contributed by atoms with E-state index in [4.69, 9.17) is 0 Å². The predicted molar refractivity (Wildman–Crippen MR) is 90.7 cm³/mol. The number of benzene rings is 1. The predicted octanol–water partition coefficient (Wildman–Crippen LogP) is 2.90. The molecule has 5 nitrogen and oxygen atoms in total. The Hall–Kier alpha value is -1.73.